The van der Waals surface area contributed by atoms with Crippen molar-refractivity contribution in [3.8, 4) is 5.75 Å². The van der Waals surface area contributed by atoms with E-state index in [0.29, 0.717) is 36.6 Å². The van der Waals surface area contributed by atoms with Gasteiger partial charge in [-0.05, 0) is 36.8 Å². The Kier molecular flexibility index (Phi) is 7.19. The first-order chi connectivity index (χ1) is 16.1. The molecule has 0 saturated heterocycles. The predicted octanol–water partition coefficient (Wildman–Crippen LogP) is 3.40. The van der Waals surface area contributed by atoms with Crippen LogP contribution in [0.4, 0.5) is 5.69 Å². The van der Waals surface area contributed by atoms with E-state index in [1.54, 1.807) is 12.1 Å². The summed E-state index contributed by atoms with van der Waals surface area (Å²) in [5.74, 6) is 1.14. The van der Waals surface area contributed by atoms with Gasteiger partial charge in [-0.25, -0.2) is 4.98 Å². The standard InChI is InChI=1S/C26H30N4O3/c1-3-24-28-23-14-15-29(16-19-8-6-5-7-9-19)17-22(23)26(32)30(24)18-25(31)27-20-10-12-21(13-11-20)33-4-2/h5-13H,3-4,14-18H2,1-2H3,(H,27,31). The van der Waals surface area contributed by atoms with Crippen LogP contribution in [0.25, 0.3) is 0 Å². The van der Waals surface area contributed by atoms with Gasteiger partial charge in [-0.2, -0.15) is 0 Å². The third-order valence-corrected chi connectivity index (χ3v) is 5.79. The van der Waals surface area contributed by atoms with Crippen LogP contribution in [-0.2, 0) is 37.3 Å². The lowest BCUT2D eigenvalue weighted by Crippen LogP contribution is -2.40. The second kappa shape index (κ2) is 10.4. The summed E-state index contributed by atoms with van der Waals surface area (Å²) in [4.78, 5) is 33.2. The van der Waals surface area contributed by atoms with Gasteiger partial charge in [0.2, 0.25) is 5.91 Å². The van der Waals surface area contributed by atoms with Gasteiger partial charge in [-0.1, -0.05) is 37.3 Å². The lowest BCUT2D eigenvalue weighted by molar-refractivity contribution is -0.116. The highest BCUT2D eigenvalue weighted by molar-refractivity contribution is 5.90. The quantitative estimate of drug-likeness (QED) is 0.574. The molecule has 0 saturated carbocycles. The van der Waals surface area contributed by atoms with Crippen LogP contribution in [0.5, 0.6) is 5.75 Å². The largest absolute Gasteiger partial charge is 0.494 e. The minimum Gasteiger partial charge on any atom is -0.494 e. The smallest absolute Gasteiger partial charge is 0.258 e. The Morgan fingerprint density at radius 3 is 2.55 bits per heavy atom. The van der Waals surface area contributed by atoms with Gasteiger partial charge < -0.3 is 10.1 Å². The molecule has 0 unspecified atom stereocenters. The average molecular weight is 447 g/mol. The molecule has 2 aromatic carbocycles. The first kappa shape index (κ1) is 22.7. The molecule has 4 rings (SSSR count). The molecule has 33 heavy (non-hydrogen) atoms. The molecule has 2 heterocycles. The fourth-order valence-electron chi connectivity index (χ4n) is 4.17. The lowest BCUT2D eigenvalue weighted by atomic mass is 10.1. The maximum atomic E-state index is 13.4. The molecule has 7 nitrogen and oxygen atoms in total. The fourth-order valence-corrected chi connectivity index (χ4v) is 4.17. The van der Waals surface area contributed by atoms with E-state index in [2.05, 4.69) is 22.3 Å². The summed E-state index contributed by atoms with van der Waals surface area (Å²) in [6.07, 6.45) is 1.33. The Labute approximate surface area is 194 Å². The average Bonchev–Trinajstić information content (AvgIpc) is 2.83. The molecule has 0 fully saturated rings. The topological polar surface area (TPSA) is 76.5 Å². The summed E-state index contributed by atoms with van der Waals surface area (Å²) < 4.78 is 6.96. The van der Waals surface area contributed by atoms with Crippen molar-refractivity contribution in [2.45, 2.75) is 46.3 Å². The summed E-state index contributed by atoms with van der Waals surface area (Å²) in [7, 11) is 0. The summed E-state index contributed by atoms with van der Waals surface area (Å²) in [5, 5.41) is 2.87. The second-order valence-corrected chi connectivity index (χ2v) is 8.15. The highest BCUT2D eigenvalue weighted by Gasteiger charge is 2.24. The molecule has 1 aromatic heterocycles. The van der Waals surface area contributed by atoms with E-state index < -0.39 is 0 Å². The molecule has 0 atom stereocenters. The van der Waals surface area contributed by atoms with Crippen molar-refractivity contribution in [1.29, 1.82) is 0 Å². The zero-order chi connectivity index (χ0) is 23.2. The van der Waals surface area contributed by atoms with Gasteiger partial charge in [0.25, 0.3) is 5.56 Å². The number of amides is 1. The maximum absolute atomic E-state index is 13.4. The van der Waals surface area contributed by atoms with Crippen LogP contribution in [0, 0.1) is 0 Å². The Hall–Kier alpha value is -3.45. The number of ether oxygens (including phenoxy) is 1. The summed E-state index contributed by atoms with van der Waals surface area (Å²) in [6, 6.07) is 17.4. The number of aromatic nitrogens is 2. The van der Waals surface area contributed by atoms with E-state index in [4.69, 9.17) is 9.72 Å². The Morgan fingerprint density at radius 2 is 1.85 bits per heavy atom. The van der Waals surface area contributed by atoms with E-state index in [9.17, 15) is 9.59 Å². The number of carbonyl (C=O) groups is 1. The Bertz CT molecular complexity index is 1160. The monoisotopic (exact) mass is 446 g/mol. The molecular formula is C26H30N4O3. The number of hydrogen-bond donors (Lipinski definition) is 1. The summed E-state index contributed by atoms with van der Waals surface area (Å²) >= 11 is 0. The maximum Gasteiger partial charge on any atom is 0.258 e. The molecule has 0 radical (unpaired) electrons. The van der Waals surface area contributed by atoms with Gasteiger partial charge in [0.15, 0.2) is 0 Å². The molecule has 1 N–H and O–H groups in total. The molecule has 1 aliphatic heterocycles. The van der Waals surface area contributed by atoms with E-state index in [-0.39, 0.29) is 18.0 Å². The number of nitrogens with one attached hydrogen (secondary N) is 1. The minimum absolute atomic E-state index is 0.0613. The fraction of sp³-hybridized carbons (Fsp3) is 0.346. The van der Waals surface area contributed by atoms with Gasteiger partial charge in [-0.3, -0.25) is 19.1 Å². The third kappa shape index (κ3) is 5.49. The van der Waals surface area contributed by atoms with Crippen molar-refractivity contribution >= 4 is 11.6 Å². The number of nitrogens with zero attached hydrogens (tertiary/aromatic N) is 3. The molecule has 0 aliphatic carbocycles. The van der Waals surface area contributed by atoms with Gasteiger partial charge in [0.05, 0.1) is 17.9 Å². The molecular weight excluding hydrogens is 416 g/mol. The van der Waals surface area contributed by atoms with E-state index in [1.807, 2.05) is 44.2 Å². The van der Waals surface area contributed by atoms with Crippen molar-refractivity contribution in [2.75, 3.05) is 18.5 Å². The van der Waals surface area contributed by atoms with Crippen LogP contribution in [0.2, 0.25) is 0 Å². The van der Waals surface area contributed by atoms with Crippen molar-refractivity contribution < 1.29 is 9.53 Å². The van der Waals surface area contributed by atoms with Gasteiger partial charge in [0, 0.05) is 38.2 Å². The van der Waals surface area contributed by atoms with Crippen LogP contribution in [-0.4, -0.2) is 33.5 Å². The Balaban J connectivity index is 1.50. The van der Waals surface area contributed by atoms with Crippen LogP contribution >= 0.6 is 0 Å². The number of hydrogen-bond acceptors (Lipinski definition) is 5. The van der Waals surface area contributed by atoms with Crippen molar-refractivity contribution in [3.05, 3.63) is 87.6 Å². The molecule has 0 bridgehead atoms. The van der Waals surface area contributed by atoms with E-state index in [1.165, 1.54) is 10.1 Å². The van der Waals surface area contributed by atoms with Crippen LogP contribution in [0.15, 0.2) is 59.4 Å². The summed E-state index contributed by atoms with van der Waals surface area (Å²) in [6.45, 7) is 6.59. The number of carbonyl (C=O) groups excluding carboxylic acids is 1. The normalized spacial score (nSPS) is 13.4. The highest BCUT2D eigenvalue weighted by atomic mass is 16.5. The second-order valence-electron chi connectivity index (χ2n) is 8.15. The van der Waals surface area contributed by atoms with E-state index >= 15 is 0 Å². The third-order valence-electron chi connectivity index (χ3n) is 5.79. The van der Waals surface area contributed by atoms with Crippen LogP contribution in [0.3, 0.4) is 0 Å². The number of aryl methyl sites for hydroxylation is 1. The molecule has 3 aromatic rings. The van der Waals surface area contributed by atoms with Crippen molar-refractivity contribution in [1.82, 2.24) is 14.5 Å². The molecule has 172 valence electrons. The van der Waals surface area contributed by atoms with Crippen molar-refractivity contribution in [3.63, 3.8) is 0 Å². The number of rotatable bonds is 8. The van der Waals surface area contributed by atoms with Gasteiger partial charge in [-0.15, -0.1) is 0 Å². The van der Waals surface area contributed by atoms with E-state index in [0.717, 1.165) is 31.0 Å². The number of benzene rings is 2. The Morgan fingerprint density at radius 1 is 1.09 bits per heavy atom. The molecule has 7 heteroatoms. The van der Waals surface area contributed by atoms with Crippen LogP contribution < -0.4 is 15.6 Å². The molecule has 1 amide bonds. The van der Waals surface area contributed by atoms with Crippen LogP contribution in [0.1, 0.15) is 36.5 Å². The first-order valence-electron chi connectivity index (χ1n) is 11.5. The van der Waals surface area contributed by atoms with Crippen molar-refractivity contribution in [2.24, 2.45) is 0 Å². The number of fused-ring (bicyclic) bond motifs is 1. The first-order valence-corrected chi connectivity index (χ1v) is 11.5. The van der Waals surface area contributed by atoms with Gasteiger partial charge in [0.1, 0.15) is 18.1 Å². The zero-order valence-corrected chi connectivity index (χ0v) is 19.2. The molecule has 0 spiro atoms. The zero-order valence-electron chi connectivity index (χ0n) is 19.2. The summed E-state index contributed by atoms with van der Waals surface area (Å²) in [5.41, 5.74) is 3.33. The number of anilines is 1. The predicted molar refractivity (Wildman–Crippen MR) is 128 cm³/mol. The highest BCUT2D eigenvalue weighted by Crippen LogP contribution is 2.18. The SMILES string of the molecule is CCOc1ccc(NC(=O)Cn2c(CC)nc3c(c2=O)CN(Cc2ccccc2)CC3)cc1. The molecule has 1 aliphatic rings. The van der Waals surface area contributed by atoms with Gasteiger partial charge >= 0.3 is 0 Å². The lowest BCUT2D eigenvalue weighted by Gasteiger charge is -2.28. The minimum atomic E-state index is -0.255.